The minimum atomic E-state index is 0. The molecule has 2 fully saturated rings. The Kier molecular flexibility index (Phi) is 4.23. The summed E-state index contributed by atoms with van der Waals surface area (Å²) < 4.78 is 5.76. The van der Waals surface area contributed by atoms with Crippen molar-refractivity contribution in [1.82, 2.24) is 0 Å². The molecule has 14 heavy (non-hydrogen) atoms. The molecule has 0 radical (unpaired) electrons. The van der Waals surface area contributed by atoms with E-state index in [0.29, 0.717) is 17.6 Å². The van der Waals surface area contributed by atoms with Crippen LogP contribution in [0.1, 0.15) is 45.4 Å². The first-order valence-corrected chi connectivity index (χ1v) is 5.67. The highest BCUT2D eigenvalue weighted by molar-refractivity contribution is 5.85. The van der Waals surface area contributed by atoms with Gasteiger partial charge in [0.05, 0.1) is 6.10 Å². The lowest BCUT2D eigenvalue weighted by atomic mass is 9.55. The molecule has 2 unspecified atom stereocenters. The van der Waals surface area contributed by atoms with Crippen LogP contribution in [0.15, 0.2) is 0 Å². The Morgan fingerprint density at radius 1 is 1.29 bits per heavy atom. The number of hydrogen-bond acceptors (Lipinski definition) is 2. The summed E-state index contributed by atoms with van der Waals surface area (Å²) in [7, 11) is 0. The third-order valence-electron chi connectivity index (χ3n) is 4.00. The second kappa shape index (κ2) is 4.82. The Labute approximate surface area is 93.0 Å². The third kappa shape index (κ3) is 1.80. The van der Waals surface area contributed by atoms with Crippen molar-refractivity contribution in [2.45, 2.75) is 57.6 Å². The summed E-state index contributed by atoms with van der Waals surface area (Å²) in [5, 5.41) is 0. The van der Waals surface area contributed by atoms with E-state index in [1.165, 1.54) is 32.1 Å². The molecule has 0 aromatic heterocycles. The van der Waals surface area contributed by atoms with Crippen LogP contribution in [0.3, 0.4) is 0 Å². The van der Waals surface area contributed by atoms with Gasteiger partial charge in [-0.25, -0.2) is 0 Å². The maximum absolute atomic E-state index is 6.13. The van der Waals surface area contributed by atoms with Crippen molar-refractivity contribution >= 4 is 12.4 Å². The van der Waals surface area contributed by atoms with Crippen molar-refractivity contribution in [2.24, 2.45) is 11.1 Å². The Bertz CT molecular complexity index is 178. The van der Waals surface area contributed by atoms with Crippen LogP contribution in [-0.2, 0) is 4.74 Å². The van der Waals surface area contributed by atoms with E-state index in [1.54, 1.807) is 0 Å². The van der Waals surface area contributed by atoms with E-state index in [0.717, 1.165) is 13.0 Å². The van der Waals surface area contributed by atoms with Gasteiger partial charge in [-0.1, -0.05) is 19.3 Å². The molecule has 2 nitrogen and oxygen atoms in total. The van der Waals surface area contributed by atoms with Crippen molar-refractivity contribution in [3.05, 3.63) is 0 Å². The molecule has 0 heterocycles. The zero-order valence-corrected chi connectivity index (χ0v) is 9.81. The normalized spacial score (nSPS) is 34.7. The fourth-order valence-corrected chi connectivity index (χ4v) is 3.12. The molecule has 2 atom stereocenters. The molecule has 0 amide bonds. The van der Waals surface area contributed by atoms with Gasteiger partial charge in [0.2, 0.25) is 0 Å². The second-order valence-corrected chi connectivity index (χ2v) is 4.58. The zero-order chi connectivity index (χ0) is 9.31. The van der Waals surface area contributed by atoms with Crippen molar-refractivity contribution in [3.8, 4) is 0 Å². The van der Waals surface area contributed by atoms with E-state index in [1.807, 2.05) is 0 Å². The molecule has 0 saturated heterocycles. The summed E-state index contributed by atoms with van der Waals surface area (Å²) in [5.74, 6) is 0. The van der Waals surface area contributed by atoms with Gasteiger partial charge in [-0.15, -0.1) is 12.4 Å². The van der Waals surface area contributed by atoms with E-state index in [4.69, 9.17) is 10.5 Å². The van der Waals surface area contributed by atoms with Gasteiger partial charge in [0.1, 0.15) is 0 Å². The molecule has 0 aromatic rings. The molecule has 2 aliphatic carbocycles. The van der Waals surface area contributed by atoms with E-state index in [2.05, 4.69) is 6.92 Å². The predicted octanol–water partition coefficient (Wildman–Crippen LogP) is 2.49. The van der Waals surface area contributed by atoms with Crippen molar-refractivity contribution in [2.75, 3.05) is 6.61 Å². The molecular weight excluding hydrogens is 198 g/mol. The van der Waals surface area contributed by atoms with Crippen LogP contribution in [0.5, 0.6) is 0 Å². The molecule has 2 saturated carbocycles. The van der Waals surface area contributed by atoms with Crippen molar-refractivity contribution in [3.63, 3.8) is 0 Å². The van der Waals surface area contributed by atoms with Gasteiger partial charge in [0.15, 0.2) is 0 Å². The SMILES string of the molecule is CCOC1CC(N)C12CCCCC2.Cl. The number of ether oxygens (including phenoxy) is 1. The molecular formula is C11H22ClNO. The summed E-state index contributed by atoms with van der Waals surface area (Å²) in [6, 6.07) is 0.421. The molecule has 0 aliphatic heterocycles. The highest BCUT2D eigenvalue weighted by atomic mass is 35.5. The van der Waals surface area contributed by atoms with Crippen LogP contribution in [-0.4, -0.2) is 18.8 Å². The summed E-state index contributed by atoms with van der Waals surface area (Å²) in [6.45, 7) is 2.93. The van der Waals surface area contributed by atoms with Crippen LogP contribution in [0.4, 0.5) is 0 Å². The minimum Gasteiger partial charge on any atom is -0.378 e. The fraction of sp³-hybridized carbons (Fsp3) is 1.00. The van der Waals surface area contributed by atoms with Crippen LogP contribution in [0, 0.1) is 5.41 Å². The van der Waals surface area contributed by atoms with Gasteiger partial charge in [-0.2, -0.15) is 0 Å². The van der Waals surface area contributed by atoms with Crippen LogP contribution in [0.25, 0.3) is 0 Å². The van der Waals surface area contributed by atoms with Crippen LogP contribution in [0.2, 0.25) is 0 Å². The molecule has 0 aromatic carbocycles. The largest absolute Gasteiger partial charge is 0.378 e. The Balaban J connectivity index is 0.000000980. The predicted molar refractivity (Wildman–Crippen MR) is 60.8 cm³/mol. The first-order chi connectivity index (χ1) is 6.29. The van der Waals surface area contributed by atoms with Gasteiger partial charge in [-0.3, -0.25) is 0 Å². The number of rotatable bonds is 2. The first kappa shape index (κ1) is 12.3. The number of hydrogen-bond donors (Lipinski definition) is 1. The lowest BCUT2D eigenvalue weighted by molar-refractivity contribution is -0.140. The monoisotopic (exact) mass is 219 g/mol. The highest BCUT2D eigenvalue weighted by Gasteiger charge is 2.53. The molecule has 3 heteroatoms. The molecule has 2 aliphatic rings. The Morgan fingerprint density at radius 3 is 2.43 bits per heavy atom. The van der Waals surface area contributed by atoms with E-state index in [-0.39, 0.29) is 12.4 Å². The Hall–Kier alpha value is 0.210. The van der Waals surface area contributed by atoms with Crippen molar-refractivity contribution < 1.29 is 4.74 Å². The topological polar surface area (TPSA) is 35.2 Å². The van der Waals surface area contributed by atoms with Crippen molar-refractivity contribution in [1.29, 1.82) is 0 Å². The van der Waals surface area contributed by atoms with Gasteiger partial charge in [0.25, 0.3) is 0 Å². The summed E-state index contributed by atoms with van der Waals surface area (Å²) in [5.41, 5.74) is 6.51. The van der Waals surface area contributed by atoms with E-state index < -0.39 is 0 Å². The van der Waals surface area contributed by atoms with E-state index >= 15 is 0 Å². The quantitative estimate of drug-likeness (QED) is 0.775. The zero-order valence-electron chi connectivity index (χ0n) is 9.00. The number of halogens is 1. The minimum absolute atomic E-state index is 0. The average molecular weight is 220 g/mol. The highest BCUT2D eigenvalue weighted by Crippen LogP contribution is 2.52. The lowest BCUT2D eigenvalue weighted by Crippen LogP contribution is -2.62. The summed E-state index contributed by atoms with van der Waals surface area (Å²) in [4.78, 5) is 0. The Morgan fingerprint density at radius 2 is 1.93 bits per heavy atom. The summed E-state index contributed by atoms with van der Waals surface area (Å²) >= 11 is 0. The molecule has 84 valence electrons. The van der Waals surface area contributed by atoms with Gasteiger partial charge < -0.3 is 10.5 Å². The van der Waals surface area contributed by atoms with Gasteiger partial charge in [-0.05, 0) is 26.2 Å². The molecule has 0 bridgehead atoms. The molecule has 2 rings (SSSR count). The van der Waals surface area contributed by atoms with E-state index in [9.17, 15) is 0 Å². The lowest BCUT2D eigenvalue weighted by Gasteiger charge is -2.56. The maximum atomic E-state index is 6.13. The van der Waals surface area contributed by atoms with Gasteiger partial charge >= 0.3 is 0 Å². The fourth-order valence-electron chi connectivity index (χ4n) is 3.12. The third-order valence-corrected chi connectivity index (χ3v) is 4.00. The average Bonchev–Trinajstić information content (AvgIpc) is 2.19. The molecule has 2 N–H and O–H groups in total. The number of nitrogens with two attached hydrogens (primary N) is 1. The van der Waals surface area contributed by atoms with Gasteiger partial charge in [0, 0.05) is 18.1 Å². The smallest absolute Gasteiger partial charge is 0.0660 e. The van der Waals surface area contributed by atoms with Crippen LogP contribution < -0.4 is 5.73 Å². The molecule has 1 spiro atoms. The second-order valence-electron chi connectivity index (χ2n) is 4.58. The summed E-state index contributed by atoms with van der Waals surface area (Å²) in [6.07, 6.45) is 8.29. The maximum Gasteiger partial charge on any atom is 0.0660 e. The van der Waals surface area contributed by atoms with Crippen LogP contribution >= 0.6 is 12.4 Å². The standard InChI is InChI=1S/C11H21NO.ClH/c1-2-13-10-8-9(12)11(10)6-4-3-5-7-11;/h9-10H,2-8,12H2,1H3;1H. The first-order valence-electron chi connectivity index (χ1n) is 5.67.